The number of benzene rings is 1. The van der Waals surface area contributed by atoms with Crippen LogP contribution < -0.4 is 11.1 Å². The molecule has 2 aromatic rings. The molecule has 3 N–H and O–H groups in total. The molecule has 0 bridgehead atoms. The maximum Gasteiger partial charge on any atom is 0.254 e. The molecule has 5 nitrogen and oxygen atoms in total. The van der Waals surface area contributed by atoms with Gasteiger partial charge < -0.3 is 15.6 Å². The molecule has 2 amide bonds. The number of hydrogen-bond acceptors (Lipinski definition) is 2. The van der Waals surface area contributed by atoms with Gasteiger partial charge in [0.15, 0.2) is 0 Å². The molecular formula is C18H23N3O2. The van der Waals surface area contributed by atoms with Gasteiger partial charge in [0.05, 0.1) is 5.56 Å². The van der Waals surface area contributed by atoms with Crippen molar-refractivity contribution in [3.63, 3.8) is 0 Å². The highest BCUT2D eigenvalue weighted by Gasteiger charge is 2.23. The molecule has 1 unspecified atom stereocenters. The molecule has 122 valence electrons. The van der Waals surface area contributed by atoms with Gasteiger partial charge in [0, 0.05) is 17.4 Å². The van der Waals surface area contributed by atoms with Gasteiger partial charge in [-0.2, -0.15) is 0 Å². The Balaban J connectivity index is 2.30. The first-order valence-electron chi connectivity index (χ1n) is 7.66. The van der Waals surface area contributed by atoms with Crippen LogP contribution in [0.4, 0.5) is 0 Å². The first kappa shape index (κ1) is 16.8. The van der Waals surface area contributed by atoms with Gasteiger partial charge in [0.25, 0.3) is 5.91 Å². The predicted molar refractivity (Wildman–Crippen MR) is 90.1 cm³/mol. The molecule has 1 aromatic heterocycles. The molecule has 5 heteroatoms. The SMILES string of the molecule is Cc1cc(C(=O)NC(C(N)=O)c2ccccc2)c(C)n1C(C)C. The van der Waals surface area contributed by atoms with Crippen molar-refractivity contribution < 1.29 is 9.59 Å². The van der Waals surface area contributed by atoms with E-state index in [0.717, 1.165) is 11.4 Å². The maximum absolute atomic E-state index is 12.6. The molecule has 0 aliphatic rings. The topological polar surface area (TPSA) is 77.1 Å². The molecule has 2 rings (SSSR count). The van der Waals surface area contributed by atoms with Gasteiger partial charge in [-0.3, -0.25) is 9.59 Å². The van der Waals surface area contributed by atoms with Gasteiger partial charge in [-0.05, 0) is 39.3 Å². The minimum Gasteiger partial charge on any atom is -0.368 e. The van der Waals surface area contributed by atoms with Crippen LogP contribution in [0.1, 0.15) is 53.2 Å². The minimum atomic E-state index is -0.842. The normalized spacial score (nSPS) is 12.2. The van der Waals surface area contributed by atoms with Gasteiger partial charge in [0.2, 0.25) is 5.91 Å². The lowest BCUT2D eigenvalue weighted by molar-refractivity contribution is -0.120. The zero-order valence-electron chi connectivity index (χ0n) is 14.0. The van der Waals surface area contributed by atoms with Gasteiger partial charge >= 0.3 is 0 Å². The second kappa shape index (κ2) is 6.69. The van der Waals surface area contributed by atoms with Gasteiger partial charge in [-0.15, -0.1) is 0 Å². The molecule has 0 saturated heterocycles. The quantitative estimate of drug-likeness (QED) is 0.890. The minimum absolute atomic E-state index is 0.262. The third kappa shape index (κ3) is 3.44. The summed E-state index contributed by atoms with van der Waals surface area (Å²) in [5, 5.41) is 2.74. The summed E-state index contributed by atoms with van der Waals surface area (Å²) in [6.45, 7) is 8.01. The van der Waals surface area contributed by atoms with Crippen molar-refractivity contribution in [2.75, 3.05) is 0 Å². The smallest absolute Gasteiger partial charge is 0.254 e. The Morgan fingerprint density at radius 1 is 1.13 bits per heavy atom. The van der Waals surface area contributed by atoms with Crippen LogP contribution in [0, 0.1) is 13.8 Å². The fraction of sp³-hybridized carbons (Fsp3) is 0.333. The first-order valence-corrected chi connectivity index (χ1v) is 7.66. The summed E-state index contributed by atoms with van der Waals surface area (Å²) in [7, 11) is 0. The standard InChI is InChI=1S/C18H23N3O2/c1-11(2)21-12(3)10-15(13(21)4)18(23)20-16(17(19)22)14-8-6-5-7-9-14/h5-11,16H,1-4H3,(H2,19,22)(H,20,23). The zero-order valence-corrected chi connectivity index (χ0v) is 14.0. The van der Waals surface area contributed by atoms with E-state index in [2.05, 4.69) is 23.7 Å². The summed E-state index contributed by atoms with van der Waals surface area (Å²) in [6, 6.07) is 10.3. The number of carbonyl (C=O) groups excluding carboxylic acids is 2. The Labute approximate surface area is 136 Å². The van der Waals surface area contributed by atoms with E-state index in [9.17, 15) is 9.59 Å². The first-order chi connectivity index (χ1) is 10.8. The van der Waals surface area contributed by atoms with Crippen LogP contribution in [-0.2, 0) is 4.79 Å². The fourth-order valence-electron chi connectivity index (χ4n) is 2.97. The summed E-state index contributed by atoms with van der Waals surface area (Å²) >= 11 is 0. The summed E-state index contributed by atoms with van der Waals surface area (Å²) in [5.41, 5.74) is 8.59. The van der Waals surface area contributed by atoms with Crippen LogP contribution in [0.3, 0.4) is 0 Å². The summed E-state index contributed by atoms with van der Waals surface area (Å²) in [6.07, 6.45) is 0. The highest BCUT2D eigenvalue weighted by molar-refractivity contribution is 5.98. The van der Waals surface area contributed by atoms with E-state index in [0.29, 0.717) is 11.1 Å². The molecule has 0 fully saturated rings. The van der Waals surface area contributed by atoms with Crippen molar-refractivity contribution >= 4 is 11.8 Å². The largest absolute Gasteiger partial charge is 0.368 e. The summed E-state index contributed by atoms with van der Waals surface area (Å²) in [5.74, 6) is -0.875. The average molecular weight is 313 g/mol. The van der Waals surface area contributed by atoms with Crippen LogP contribution in [0.15, 0.2) is 36.4 Å². The third-order valence-corrected chi connectivity index (χ3v) is 3.94. The van der Waals surface area contributed by atoms with Gasteiger partial charge in [-0.1, -0.05) is 30.3 Å². The van der Waals surface area contributed by atoms with Crippen molar-refractivity contribution in [1.29, 1.82) is 0 Å². The Morgan fingerprint density at radius 2 is 1.74 bits per heavy atom. The van der Waals surface area contributed by atoms with Crippen molar-refractivity contribution in [2.24, 2.45) is 5.73 Å². The van der Waals surface area contributed by atoms with E-state index in [4.69, 9.17) is 5.73 Å². The van der Waals surface area contributed by atoms with E-state index in [-0.39, 0.29) is 11.9 Å². The monoisotopic (exact) mass is 313 g/mol. The molecule has 0 radical (unpaired) electrons. The molecular weight excluding hydrogens is 290 g/mol. The lowest BCUT2D eigenvalue weighted by Gasteiger charge is -2.17. The lowest BCUT2D eigenvalue weighted by atomic mass is 10.1. The molecule has 0 aliphatic heterocycles. The number of amides is 2. The number of hydrogen-bond donors (Lipinski definition) is 2. The second-order valence-electron chi connectivity index (χ2n) is 5.97. The highest BCUT2D eigenvalue weighted by Crippen LogP contribution is 2.21. The second-order valence-corrected chi connectivity index (χ2v) is 5.97. The number of primary amides is 1. The maximum atomic E-state index is 12.6. The molecule has 1 aromatic carbocycles. The predicted octanol–water partition coefficient (Wildman–Crippen LogP) is 2.64. The van der Waals surface area contributed by atoms with Gasteiger partial charge in [0.1, 0.15) is 6.04 Å². The van der Waals surface area contributed by atoms with E-state index >= 15 is 0 Å². The van der Waals surface area contributed by atoms with E-state index < -0.39 is 11.9 Å². The Bertz CT molecular complexity index is 717. The number of nitrogens with one attached hydrogen (secondary N) is 1. The van der Waals surface area contributed by atoms with E-state index in [1.165, 1.54) is 0 Å². The average Bonchev–Trinajstić information content (AvgIpc) is 2.80. The van der Waals surface area contributed by atoms with Crippen LogP contribution in [0.25, 0.3) is 0 Å². The van der Waals surface area contributed by atoms with Crippen LogP contribution in [0.2, 0.25) is 0 Å². The molecule has 23 heavy (non-hydrogen) atoms. The van der Waals surface area contributed by atoms with Crippen molar-refractivity contribution in [1.82, 2.24) is 9.88 Å². The summed E-state index contributed by atoms with van der Waals surface area (Å²) in [4.78, 5) is 24.3. The van der Waals surface area contributed by atoms with Gasteiger partial charge in [-0.25, -0.2) is 0 Å². The third-order valence-electron chi connectivity index (χ3n) is 3.94. The Morgan fingerprint density at radius 3 is 2.22 bits per heavy atom. The van der Waals surface area contributed by atoms with E-state index in [1.807, 2.05) is 38.1 Å². The molecule has 0 saturated carbocycles. The molecule has 1 atom stereocenters. The lowest BCUT2D eigenvalue weighted by Crippen LogP contribution is -2.37. The number of carbonyl (C=O) groups is 2. The van der Waals surface area contributed by atoms with Crippen LogP contribution in [0.5, 0.6) is 0 Å². The number of nitrogens with zero attached hydrogens (tertiary/aromatic N) is 1. The van der Waals surface area contributed by atoms with Crippen LogP contribution >= 0.6 is 0 Å². The Hall–Kier alpha value is -2.56. The number of rotatable bonds is 5. The number of nitrogens with two attached hydrogens (primary N) is 1. The number of aromatic nitrogens is 1. The van der Waals surface area contributed by atoms with Crippen LogP contribution in [-0.4, -0.2) is 16.4 Å². The molecule has 0 spiro atoms. The number of aryl methyl sites for hydroxylation is 1. The van der Waals surface area contributed by atoms with E-state index in [1.54, 1.807) is 12.1 Å². The molecule has 0 aliphatic carbocycles. The highest BCUT2D eigenvalue weighted by atomic mass is 16.2. The zero-order chi connectivity index (χ0) is 17.1. The van der Waals surface area contributed by atoms with Crippen molar-refractivity contribution in [3.05, 3.63) is 58.9 Å². The van der Waals surface area contributed by atoms with Crippen molar-refractivity contribution in [3.8, 4) is 0 Å². The summed E-state index contributed by atoms with van der Waals surface area (Å²) < 4.78 is 2.09. The Kier molecular flexibility index (Phi) is 4.89. The molecule has 1 heterocycles. The van der Waals surface area contributed by atoms with Crippen molar-refractivity contribution in [2.45, 2.75) is 39.8 Å². The fourth-order valence-corrected chi connectivity index (χ4v) is 2.97.